The highest BCUT2D eigenvalue weighted by atomic mass is 79.9. The van der Waals surface area contributed by atoms with Crippen LogP contribution in [0.4, 0.5) is 4.39 Å². The molecule has 2 saturated heterocycles. The van der Waals surface area contributed by atoms with E-state index in [0.717, 1.165) is 16.5 Å². The van der Waals surface area contributed by atoms with Gasteiger partial charge >= 0.3 is 0 Å². The first-order chi connectivity index (χ1) is 8.60. The van der Waals surface area contributed by atoms with Gasteiger partial charge in [0.1, 0.15) is 5.82 Å². The Labute approximate surface area is 114 Å². The van der Waals surface area contributed by atoms with E-state index in [4.69, 9.17) is 9.57 Å². The number of hydroxylamine groups is 1. The van der Waals surface area contributed by atoms with Gasteiger partial charge in [0.2, 0.25) is 0 Å². The van der Waals surface area contributed by atoms with Crippen LogP contribution < -0.4 is 5.48 Å². The molecule has 0 radical (unpaired) electrons. The van der Waals surface area contributed by atoms with Gasteiger partial charge in [-0.1, -0.05) is 15.9 Å². The Morgan fingerprint density at radius 3 is 3.06 bits per heavy atom. The Balaban J connectivity index is 2.02. The van der Waals surface area contributed by atoms with Crippen molar-refractivity contribution < 1.29 is 14.0 Å². The van der Waals surface area contributed by atoms with E-state index >= 15 is 0 Å². The molecule has 2 fully saturated rings. The standard InChI is InChI=1S/C13H15BrFNO2/c1-8-2-10-6-18-16-13(10,7-17-8)9-3-11(14)5-12(15)4-9/h3-5,8,10,16H,2,6-7H2,1H3/t8-,10-,13+/m0/s1. The fraction of sp³-hybridized carbons (Fsp3) is 0.538. The summed E-state index contributed by atoms with van der Waals surface area (Å²) < 4.78 is 20.1. The van der Waals surface area contributed by atoms with Gasteiger partial charge in [-0.2, -0.15) is 5.48 Å². The van der Waals surface area contributed by atoms with E-state index in [1.165, 1.54) is 6.07 Å². The van der Waals surface area contributed by atoms with Crippen molar-refractivity contribution in [2.24, 2.45) is 5.92 Å². The quantitative estimate of drug-likeness (QED) is 0.864. The van der Waals surface area contributed by atoms with Gasteiger partial charge in [0.25, 0.3) is 0 Å². The summed E-state index contributed by atoms with van der Waals surface area (Å²) in [6.07, 6.45) is 1.14. The van der Waals surface area contributed by atoms with Gasteiger partial charge < -0.3 is 9.57 Å². The zero-order valence-electron chi connectivity index (χ0n) is 10.1. The highest BCUT2D eigenvalue weighted by Gasteiger charge is 2.49. The lowest BCUT2D eigenvalue weighted by Crippen LogP contribution is -2.51. The van der Waals surface area contributed by atoms with E-state index in [1.54, 1.807) is 6.07 Å². The summed E-state index contributed by atoms with van der Waals surface area (Å²) >= 11 is 3.34. The van der Waals surface area contributed by atoms with Crippen LogP contribution in [-0.4, -0.2) is 19.3 Å². The van der Waals surface area contributed by atoms with Crippen molar-refractivity contribution in [3.8, 4) is 0 Å². The van der Waals surface area contributed by atoms with E-state index in [1.807, 2.05) is 6.07 Å². The Hall–Kier alpha value is -0.490. The lowest BCUT2D eigenvalue weighted by molar-refractivity contribution is -0.0603. The smallest absolute Gasteiger partial charge is 0.124 e. The number of hydrogen-bond donors (Lipinski definition) is 1. The van der Waals surface area contributed by atoms with Gasteiger partial charge in [0.15, 0.2) is 0 Å². The molecule has 2 heterocycles. The molecule has 0 amide bonds. The van der Waals surface area contributed by atoms with Gasteiger partial charge in [-0.3, -0.25) is 0 Å². The Bertz CT molecular complexity index is 450. The largest absolute Gasteiger partial charge is 0.376 e. The molecule has 0 spiro atoms. The van der Waals surface area contributed by atoms with Crippen molar-refractivity contribution in [3.63, 3.8) is 0 Å². The minimum atomic E-state index is -0.420. The van der Waals surface area contributed by atoms with Gasteiger partial charge in [0, 0.05) is 10.4 Å². The lowest BCUT2D eigenvalue weighted by Gasteiger charge is -2.40. The summed E-state index contributed by atoms with van der Waals surface area (Å²) in [6.45, 7) is 3.21. The van der Waals surface area contributed by atoms with Gasteiger partial charge in [-0.15, -0.1) is 0 Å². The molecule has 5 heteroatoms. The average molecular weight is 316 g/mol. The van der Waals surface area contributed by atoms with Crippen LogP contribution in [0, 0.1) is 11.7 Å². The second-order valence-electron chi connectivity index (χ2n) is 5.10. The Morgan fingerprint density at radius 2 is 2.28 bits per heavy atom. The SMILES string of the molecule is C[C@H]1C[C@H]2CON[C@@]2(c2cc(F)cc(Br)c2)CO1. The van der Waals surface area contributed by atoms with Crippen LogP contribution in [-0.2, 0) is 15.1 Å². The Morgan fingerprint density at radius 1 is 1.44 bits per heavy atom. The molecule has 0 bridgehead atoms. The first kappa shape index (κ1) is 12.5. The van der Waals surface area contributed by atoms with E-state index in [-0.39, 0.29) is 11.9 Å². The first-order valence-corrected chi connectivity index (χ1v) is 6.86. The Kier molecular flexibility index (Phi) is 3.18. The minimum absolute atomic E-state index is 0.226. The molecule has 98 valence electrons. The maximum Gasteiger partial charge on any atom is 0.124 e. The molecule has 0 aromatic heterocycles. The number of fused-ring (bicyclic) bond motifs is 1. The van der Waals surface area contributed by atoms with Crippen LogP contribution in [0.5, 0.6) is 0 Å². The summed E-state index contributed by atoms with van der Waals surface area (Å²) in [5.41, 5.74) is 3.51. The van der Waals surface area contributed by atoms with E-state index in [0.29, 0.717) is 19.1 Å². The highest BCUT2D eigenvalue weighted by Crippen LogP contribution is 2.42. The number of ether oxygens (including phenoxy) is 1. The summed E-state index contributed by atoms with van der Waals surface area (Å²) in [7, 11) is 0. The molecule has 3 nitrogen and oxygen atoms in total. The van der Waals surface area contributed by atoms with Crippen LogP contribution in [0.15, 0.2) is 22.7 Å². The van der Waals surface area contributed by atoms with E-state index in [2.05, 4.69) is 28.3 Å². The molecular weight excluding hydrogens is 301 g/mol. The second-order valence-corrected chi connectivity index (χ2v) is 6.01. The fourth-order valence-electron chi connectivity index (χ4n) is 2.84. The summed E-state index contributed by atoms with van der Waals surface area (Å²) in [6, 6.07) is 4.94. The predicted octanol–water partition coefficient (Wildman–Crippen LogP) is 2.74. The second kappa shape index (κ2) is 4.56. The molecule has 2 aliphatic rings. The van der Waals surface area contributed by atoms with Gasteiger partial charge in [0.05, 0.1) is 24.9 Å². The molecule has 3 rings (SSSR count). The zero-order chi connectivity index (χ0) is 12.8. The molecule has 1 aromatic carbocycles. The topological polar surface area (TPSA) is 30.5 Å². The van der Waals surface area contributed by atoms with Gasteiger partial charge in [-0.25, -0.2) is 4.39 Å². The van der Waals surface area contributed by atoms with Crippen LogP contribution in [0.1, 0.15) is 18.9 Å². The molecule has 0 aliphatic carbocycles. The van der Waals surface area contributed by atoms with Gasteiger partial charge in [-0.05, 0) is 37.1 Å². The van der Waals surface area contributed by atoms with Crippen molar-refractivity contribution in [3.05, 3.63) is 34.1 Å². The fourth-order valence-corrected chi connectivity index (χ4v) is 3.31. The van der Waals surface area contributed by atoms with Crippen molar-refractivity contribution in [1.29, 1.82) is 0 Å². The number of hydrogen-bond acceptors (Lipinski definition) is 3. The maximum absolute atomic E-state index is 13.6. The third kappa shape index (κ3) is 1.99. The number of nitrogens with one attached hydrogen (secondary N) is 1. The maximum atomic E-state index is 13.6. The zero-order valence-corrected chi connectivity index (χ0v) is 11.7. The first-order valence-electron chi connectivity index (χ1n) is 6.07. The molecule has 0 unspecified atom stereocenters. The van der Waals surface area contributed by atoms with Crippen molar-refractivity contribution in [2.45, 2.75) is 25.0 Å². The summed E-state index contributed by atoms with van der Waals surface area (Å²) in [4.78, 5) is 5.41. The van der Waals surface area contributed by atoms with Crippen LogP contribution in [0.2, 0.25) is 0 Å². The molecule has 3 atom stereocenters. The molecule has 2 aliphatic heterocycles. The van der Waals surface area contributed by atoms with E-state index < -0.39 is 5.54 Å². The molecular formula is C13H15BrFNO2. The number of rotatable bonds is 1. The monoisotopic (exact) mass is 315 g/mol. The average Bonchev–Trinajstić information content (AvgIpc) is 2.71. The number of halogens is 2. The third-order valence-corrected chi connectivity index (χ3v) is 4.28. The highest BCUT2D eigenvalue weighted by molar-refractivity contribution is 9.10. The van der Waals surface area contributed by atoms with Crippen LogP contribution in [0.25, 0.3) is 0 Å². The molecule has 18 heavy (non-hydrogen) atoms. The number of benzene rings is 1. The van der Waals surface area contributed by atoms with Crippen LogP contribution in [0.3, 0.4) is 0 Å². The molecule has 1 aromatic rings. The van der Waals surface area contributed by atoms with Crippen molar-refractivity contribution in [1.82, 2.24) is 5.48 Å². The van der Waals surface area contributed by atoms with Crippen LogP contribution >= 0.6 is 15.9 Å². The minimum Gasteiger partial charge on any atom is -0.376 e. The third-order valence-electron chi connectivity index (χ3n) is 3.83. The van der Waals surface area contributed by atoms with E-state index in [9.17, 15) is 4.39 Å². The predicted molar refractivity (Wildman–Crippen MR) is 68.4 cm³/mol. The normalized spacial score (nSPS) is 35.5. The molecule has 0 saturated carbocycles. The summed E-state index contributed by atoms with van der Waals surface area (Å²) in [5, 5.41) is 0. The lowest BCUT2D eigenvalue weighted by atomic mass is 9.76. The summed E-state index contributed by atoms with van der Waals surface area (Å²) in [5.74, 6) is 0.0646. The van der Waals surface area contributed by atoms with Crippen molar-refractivity contribution in [2.75, 3.05) is 13.2 Å². The van der Waals surface area contributed by atoms with Crippen molar-refractivity contribution >= 4 is 15.9 Å². The molecule has 1 N–H and O–H groups in total.